The zero-order chi connectivity index (χ0) is 13.8. The molecule has 18 heavy (non-hydrogen) atoms. The molecule has 0 aromatic carbocycles. The van der Waals surface area contributed by atoms with Crippen LogP contribution < -0.4 is 5.73 Å². The molecule has 0 aromatic rings. The van der Waals surface area contributed by atoms with Crippen LogP contribution in [0.4, 0.5) is 0 Å². The maximum absolute atomic E-state index is 12.7. The van der Waals surface area contributed by atoms with Crippen LogP contribution in [0, 0.1) is 11.3 Å². The molecular weight excluding hydrogens is 244 g/mol. The standard InChI is InChI=1S/C14H26N2OS/c1-11(2)10-16(9-6-12(15)18)13(17)14(3)7-4-5-8-14/h11H,4-10H2,1-3H3,(H2,15,18). The summed E-state index contributed by atoms with van der Waals surface area (Å²) in [5.74, 6) is 0.773. The largest absolute Gasteiger partial charge is 0.393 e. The number of hydrogen-bond donors (Lipinski definition) is 1. The van der Waals surface area contributed by atoms with Crippen molar-refractivity contribution in [2.45, 2.75) is 52.9 Å². The van der Waals surface area contributed by atoms with E-state index in [1.54, 1.807) is 0 Å². The summed E-state index contributed by atoms with van der Waals surface area (Å²) in [6.07, 6.45) is 5.02. The third kappa shape index (κ3) is 4.23. The number of hydrogen-bond acceptors (Lipinski definition) is 2. The van der Waals surface area contributed by atoms with Gasteiger partial charge in [0, 0.05) is 24.9 Å². The van der Waals surface area contributed by atoms with Gasteiger partial charge in [-0.15, -0.1) is 0 Å². The molecule has 1 rings (SSSR count). The number of amides is 1. The van der Waals surface area contributed by atoms with Gasteiger partial charge >= 0.3 is 0 Å². The van der Waals surface area contributed by atoms with Gasteiger partial charge in [-0.25, -0.2) is 0 Å². The van der Waals surface area contributed by atoms with Crippen molar-refractivity contribution in [3.05, 3.63) is 0 Å². The summed E-state index contributed by atoms with van der Waals surface area (Å²) in [5.41, 5.74) is 5.40. The van der Waals surface area contributed by atoms with Crippen molar-refractivity contribution >= 4 is 23.1 Å². The van der Waals surface area contributed by atoms with Crippen LogP contribution in [-0.2, 0) is 4.79 Å². The van der Waals surface area contributed by atoms with E-state index in [4.69, 9.17) is 18.0 Å². The van der Waals surface area contributed by atoms with Gasteiger partial charge in [0.2, 0.25) is 5.91 Å². The van der Waals surface area contributed by atoms with E-state index in [1.807, 2.05) is 4.90 Å². The van der Waals surface area contributed by atoms with Crippen LogP contribution in [-0.4, -0.2) is 28.9 Å². The summed E-state index contributed by atoms with van der Waals surface area (Å²) in [4.78, 5) is 15.1. The molecule has 3 nitrogen and oxygen atoms in total. The third-order valence-corrected chi connectivity index (χ3v) is 3.93. The first kappa shape index (κ1) is 15.4. The monoisotopic (exact) mass is 270 g/mol. The Morgan fingerprint density at radius 3 is 2.39 bits per heavy atom. The van der Waals surface area contributed by atoms with E-state index in [2.05, 4.69) is 20.8 Å². The van der Waals surface area contributed by atoms with Crippen LogP contribution in [0.15, 0.2) is 0 Å². The number of rotatable bonds is 6. The smallest absolute Gasteiger partial charge is 0.228 e. The summed E-state index contributed by atoms with van der Waals surface area (Å²) in [6, 6.07) is 0. The first-order chi connectivity index (χ1) is 8.35. The first-order valence-electron chi connectivity index (χ1n) is 6.93. The average molecular weight is 270 g/mol. The van der Waals surface area contributed by atoms with E-state index in [-0.39, 0.29) is 5.41 Å². The Labute approximate surface area is 116 Å². The molecule has 0 radical (unpaired) electrons. The zero-order valence-electron chi connectivity index (χ0n) is 11.9. The molecule has 104 valence electrons. The molecule has 0 unspecified atom stereocenters. The number of carbonyl (C=O) groups is 1. The van der Waals surface area contributed by atoms with Gasteiger partial charge in [-0.05, 0) is 18.8 Å². The van der Waals surface area contributed by atoms with Crippen LogP contribution in [0.5, 0.6) is 0 Å². The Hall–Kier alpha value is -0.640. The Kier molecular flexibility index (Phi) is 5.57. The Morgan fingerprint density at radius 2 is 1.94 bits per heavy atom. The van der Waals surface area contributed by atoms with Gasteiger partial charge in [-0.2, -0.15) is 0 Å². The van der Waals surface area contributed by atoms with Crippen LogP contribution in [0.3, 0.4) is 0 Å². The number of thiocarbonyl (C=S) groups is 1. The summed E-state index contributed by atoms with van der Waals surface area (Å²) in [6.45, 7) is 7.85. The van der Waals surface area contributed by atoms with Gasteiger partial charge in [0.05, 0.1) is 4.99 Å². The van der Waals surface area contributed by atoms with Crippen LogP contribution in [0.25, 0.3) is 0 Å². The van der Waals surface area contributed by atoms with Crippen LogP contribution in [0.2, 0.25) is 0 Å². The molecule has 0 spiro atoms. The highest BCUT2D eigenvalue weighted by atomic mass is 32.1. The second-order valence-corrected chi connectivity index (χ2v) is 6.65. The molecule has 1 saturated carbocycles. The molecule has 0 aromatic heterocycles. The quantitative estimate of drug-likeness (QED) is 0.755. The SMILES string of the molecule is CC(C)CN(CCC(N)=S)C(=O)C1(C)CCCC1. The zero-order valence-corrected chi connectivity index (χ0v) is 12.7. The maximum Gasteiger partial charge on any atom is 0.228 e. The second-order valence-electron chi connectivity index (χ2n) is 6.13. The lowest BCUT2D eigenvalue weighted by Gasteiger charge is -2.33. The van der Waals surface area contributed by atoms with E-state index in [0.29, 0.717) is 29.8 Å². The third-order valence-electron chi connectivity index (χ3n) is 3.72. The van der Waals surface area contributed by atoms with Gasteiger partial charge in [0.15, 0.2) is 0 Å². The van der Waals surface area contributed by atoms with Gasteiger partial charge in [-0.1, -0.05) is 45.8 Å². The molecule has 0 bridgehead atoms. The topological polar surface area (TPSA) is 46.3 Å². The molecule has 1 aliphatic carbocycles. The fraction of sp³-hybridized carbons (Fsp3) is 0.857. The Bertz CT molecular complexity index is 309. The molecule has 1 aliphatic rings. The molecule has 0 atom stereocenters. The molecule has 0 saturated heterocycles. The van der Waals surface area contributed by atoms with Crippen molar-refractivity contribution in [3.8, 4) is 0 Å². The van der Waals surface area contributed by atoms with Gasteiger partial charge in [0.1, 0.15) is 0 Å². The molecule has 2 N–H and O–H groups in total. The highest BCUT2D eigenvalue weighted by Crippen LogP contribution is 2.39. The lowest BCUT2D eigenvalue weighted by Crippen LogP contribution is -2.44. The molecule has 1 fully saturated rings. The number of nitrogens with zero attached hydrogens (tertiary/aromatic N) is 1. The fourth-order valence-corrected chi connectivity index (χ4v) is 2.80. The predicted octanol–water partition coefficient (Wildman–Crippen LogP) is 2.73. The number of nitrogens with two attached hydrogens (primary N) is 1. The minimum absolute atomic E-state index is 0.148. The normalized spacial score (nSPS) is 18.0. The van der Waals surface area contributed by atoms with Crippen molar-refractivity contribution in [2.75, 3.05) is 13.1 Å². The Morgan fingerprint density at radius 1 is 1.39 bits per heavy atom. The number of carbonyl (C=O) groups excluding carboxylic acids is 1. The predicted molar refractivity (Wildman–Crippen MR) is 79.4 cm³/mol. The van der Waals surface area contributed by atoms with E-state index in [9.17, 15) is 4.79 Å². The fourth-order valence-electron chi connectivity index (χ4n) is 2.71. The first-order valence-corrected chi connectivity index (χ1v) is 7.33. The molecular formula is C14H26N2OS. The summed E-state index contributed by atoms with van der Waals surface area (Å²) in [5, 5.41) is 0. The average Bonchev–Trinajstić information content (AvgIpc) is 2.71. The molecule has 0 aliphatic heterocycles. The van der Waals surface area contributed by atoms with Crippen molar-refractivity contribution in [3.63, 3.8) is 0 Å². The minimum atomic E-state index is -0.148. The summed E-state index contributed by atoms with van der Waals surface area (Å²) in [7, 11) is 0. The van der Waals surface area contributed by atoms with Crippen LogP contribution >= 0.6 is 12.2 Å². The maximum atomic E-state index is 12.7. The lowest BCUT2D eigenvalue weighted by atomic mass is 9.87. The molecule has 0 heterocycles. The highest BCUT2D eigenvalue weighted by Gasteiger charge is 2.38. The highest BCUT2D eigenvalue weighted by molar-refractivity contribution is 7.80. The van der Waals surface area contributed by atoms with E-state index >= 15 is 0 Å². The molecule has 1 amide bonds. The van der Waals surface area contributed by atoms with E-state index in [1.165, 1.54) is 12.8 Å². The van der Waals surface area contributed by atoms with Gasteiger partial charge < -0.3 is 10.6 Å². The van der Waals surface area contributed by atoms with Gasteiger partial charge in [-0.3, -0.25) is 4.79 Å². The van der Waals surface area contributed by atoms with Crippen molar-refractivity contribution in [1.29, 1.82) is 0 Å². The van der Waals surface area contributed by atoms with Crippen LogP contribution in [0.1, 0.15) is 52.9 Å². The second kappa shape index (κ2) is 6.50. The lowest BCUT2D eigenvalue weighted by molar-refractivity contribution is -0.141. The van der Waals surface area contributed by atoms with Crippen molar-refractivity contribution in [1.82, 2.24) is 4.90 Å². The Balaban J connectivity index is 2.68. The molecule has 4 heteroatoms. The van der Waals surface area contributed by atoms with Crippen molar-refractivity contribution < 1.29 is 4.79 Å². The van der Waals surface area contributed by atoms with E-state index < -0.39 is 0 Å². The summed E-state index contributed by atoms with van der Waals surface area (Å²) >= 11 is 4.92. The van der Waals surface area contributed by atoms with Crippen molar-refractivity contribution in [2.24, 2.45) is 17.1 Å². The van der Waals surface area contributed by atoms with Gasteiger partial charge in [0.25, 0.3) is 0 Å². The minimum Gasteiger partial charge on any atom is -0.393 e. The van der Waals surface area contributed by atoms with E-state index in [0.717, 1.165) is 19.4 Å². The summed E-state index contributed by atoms with van der Waals surface area (Å²) < 4.78 is 0.